The van der Waals surface area contributed by atoms with Gasteiger partial charge < -0.3 is 0 Å². The maximum Gasteiger partial charge on any atom is 0.270 e. The summed E-state index contributed by atoms with van der Waals surface area (Å²) >= 11 is 0. The van der Waals surface area contributed by atoms with Crippen molar-refractivity contribution in [3.05, 3.63) is 145 Å². The van der Waals surface area contributed by atoms with E-state index in [1.54, 1.807) is 60.7 Å². The van der Waals surface area contributed by atoms with Gasteiger partial charge in [-0.15, -0.1) is 0 Å². The number of nitrogens with zero attached hydrogens (tertiary/aromatic N) is 6. The van der Waals surface area contributed by atoms with Crippen LogP contribution < -0.4 is 0 Å². The Kier molecular flexibility index (Phi) is 5.44. The average Bonchev–Trinajstić information content (AvgIpc) is 3.43. The quantitative estimate of drug-likeness (QED) is 0.414. The largest absolute Gasteiger partial charge is 0.270 e. The predicted octanol–water partition coefficient (Wildman–Crippen LogP) is 6.29. The highest BCUT2D eigenvalue weighted by Gasteiger charge is 2.34. The van der Waals surface area contributed by atoms with Crippen molar-refractivity contribution in [1.29, 1.82) is 15.8 Å². The van der Waals surface area contributed by atoms with Gasteiger partial charge in [-0.25, -0.2) is 25.1 Å². The van der Waals surface area contributed by atoms with E-state index in [1.807, 2.05) is 12.1 Å². The second kappa shape index (κ2) is 8.67. The molecule has 0 fully saturated rings. The molecule has 0 saturated carbocycles. The van der Waals surface area contributed by atoms with Gasteiger partial charge in [-0.2, -0.15) is 5.26 Å². The van der Waals surface area contributed by atoms with Gasteiger partial charge in [0, 0.05) is 11.1 Å². The molecule has 0 amide bonds. The van der Waals surface area contributed by atoms with Crippen LogP contribution in [0.4, 0.5) is 5.69 Å². The molecule has 2 aromatic rings. The van der Waals surface area contributed by atoms with E-state index >= 15 is 0 Å². The number of rotatable bonds is 2. The normalized spacial score (nSPS) is 16.4. The lowest BCUT2D eigenvalue weighted by molar-refractivity contribution is 1.44. The lowest BCUT2D eigenvalue weighted by Crippen LogP contribution is -1.94. The van der Waals surface area contributed by atoms with E-state index in [4.69, 9.17) is 25.0 Å². The van der Waals surface area contributed by atoms with E-state index in [1.165, 1.54) is 0 Å². The van der Waals surface area contributed by atoms with Crippen LogP contribution in [0.25, 0.3) is 25.7 Å². The summed E-state index contributed by atoms with van der Waals surface area (Å²) in [5.74, 6) is 0. The van der Waals surface area contributed by atoms with E-state index in [2.05, 4.69) is 20.6 Å². The van der Waals surface area contributed by atoms with Crippen molar-refractivity contribution in [2.24, 2.45) is 0 Å². The number of allylic oxidation sites excluding steroid dienone is 10. The Labute approximate surface area is 196 Å². The van der Waals surface area contributed by atoms with Gasteiger partial charge in [0.1, 0.15) is 0 Å². The highest BCUT2D eigenvalue weighted by molar-refractivity contribution is 6.04. The van der Waals surface area contributed by atoms with Gasteiger partial charge in [-0.3, -0.25) is 0 Å². The van der Waals surface area contributed by atoms with Crippen LogP contribution in [-0.4, -0.2) is 0 Å². The molecule has 0 spiro atoms. The van der Waals surface area contributed by atoms with E-state index < -0.39 is 0 Å². The van der Waals surface area contributed by atoms with Gasteiger partial charge in [-0.1, -0.05) is 36.4 Å². The molecule has 0 aliphatic heterocycles. The maximum absolute atomic E-state index is 9.69. The Morgan fingerprint density at radius 3 is 1.44 bits per heavy atom. The molecule has 0 aromatic heterocycles. The van der Waals surface area contributed by atoms with Crippen LogP contribution in [-0.2, 0) is 0 Å². The first kappa shape index (κ1) is 21.3. The summed E-state index contributed by atoms with van der Waals surface area (Å²) in [4.78, 5) is 10.2. The summed E-state index contributed by atoms with van der Waals surface area (Å²) in [6, 6.07) is 19.6. The number of nitriles is 3. The third-order valence-electron chi connectivity index (χ3n) is 5.49. The molecule has 0 radical (unpaired) electrons. The summed E-state index contributed by atoms with van der Waals surface area (Å²) in [6.45, 7) is 22.3. The van der Waals surface area contributed by atoms with Crippen molar-refractivity contribution in [2.75, 3.05) is 0 Å². The van der Waals surface area contributed by atoms with Crippen LogP contribution >= 0.6 is 0 Å². The van der Waals surface area contributed by atoms with Crippen LogP contribution in [0.1, 0.15) is 16.7 Å². The fraction of sp³-hybridized carbons (Fsp3) is 0. The molecule has 34 heavy (non-hydrogen) atoms. The van der Waals surface area contributed by atoms with Crippen LogP contribution in [0.5, 0.6) is 0 Å². The van der Waals surface area contributed by atoms with Gasteiger partial charge >= 0.3 is 0 Å². The van der Waals surface area contributed by atoms with Crippen molar-refractivity contribution in [3.8, 4) is 18.2 Å². The lowest BCUT2D eigenvalue weighted by Gasteiger charge is -2.12. The molecule has 2 aliphatic rings. The SMILES string of the molecule is [C-]#[N+]/C(C#N)=C1/C(c2ccc(C#N)cc2)=CC2=C1C=C(c1ccc([N+]#[C-])cc1)/C2=C(/C#N)[N+]#[C-]. The third kappa shape index (κ3) is 3.34. The second-order valence-corrected chi connectivity index (χ2v) is 7.19. The highest BCUT2D eigenvalue weighted by Crippen LogP contribution is 2.51. The molecule has 0 N–H and O–H groups in total. The molecule has 0 bridgehead atoms. The molecule has 2 aliphatic carbocycles. The molecule has 6 nitrogen and oxygen atoms in total. The van der Waals surface area contributed by atoms with Crippen LogP contribution in [0.3, 0.4) is 0 Å². The van der Waals surface area contributed by atoms with Crippen molar-refractivity contribution in [3.63, 3.8) is 0 Å². The second-order valence-electron chi connectivity index (χ2n) is 7.19. The van der Waals surface area contributed by atoms with Gasteiger partial charge in [0.2, 0.25) is 0 Å². The fourth-order valence-electron chi connectivity index (χ4n) is 3.97. The molecular weight excluding hydrogens is 420 g/mol. The minimum absolute atomic E-state index is 0.108. The fourth-order valence-corrected chi connectivity index (χ4v) is 3.97. The van der Waals surface area contributed by atoms with Gasteiger partial charge in [0.15, 0.2) is 5.69 Å². The zero-order chi connectivity index (χ0) is 24.2. The van der Waals surface area contributed by atoms with Crippen LogP contribution in [0.2, 0.25) is 0 Å². The number of hydrogen-bond acceptors (Lipinski definition) is 3. The monoisotopic (exact) mass is 430 g/mol. The molecular formula is C28H10N6. The first-order valence-corrected chi connectivity index (χ1v) is 9.81. The minimum Gasteiger partial charge on any atom is -0.238 e. The number of benzene rings is 2. The van der Waals surface area contributed by atoms with Gasteiger partial charge in [-0.05, 0) is 57.7 Å². The van der Waals surface area contributed by atoms with E-state index in [9.17, 15) is 10.5 Å². The first-order chi connectivity index (χ1) is 16.6. The minimum atomic E-state index is -0.109. The lowest BCUT2D eigenvalue weighted by atomic mass is 9.92. The Balaban J connectivity index is 1.99. The maximum atomic E-state index is 9.69. The van der Waals surface area contributed by atoms with Crippen molar-refractivity contribution < 1.29 is 0 Å². The number of hydrogen-bond donors (Lipinski definition) is 0. The topological polar surface area (TPSA) is 84.5 Å². The summed E-state index contributed by atoms with van der Waals surface area (Å²) in [5, 5.41) is 28.5. The molecule has 0 saturated heterocycles. The Hall–Kier alpha value is -5.92. The average molecular weight is 430 g/mol. The van der Waals surface area contributed by atoms with Crippen molar-refractivity contribution in [2.45, 2.75) is 0 Å². The predicted molar refractivity (Wildman–Crippen MR) is 125 cm³/mol. The van der Waals surface area contributed by atoms with E-state index in [0.717, 1.165) is 0 Å². The molecule has 0 atom stereocenters. The van der Waals surface area contributed by atoms with E-state index in [-0.39, 0.29) is 11.4 Å². The summed E-state index contributed by atoms with van der Waals surface area (Å²) < 4.78 is 0. The highest BCUT2D eigenvalue weighted by atomic mass is 14.7. The van der Waals surface area contributed by atoms with Crippen molar-refractivity contribution >= 4 is 16.8 Å². The smallest absolute Gasteiger partial charge is 0.238 e. The Bertz CT molecular complexity index is 1500. The first-order valence-electron chi connectivity index (χ1n) is 9.81. The van der Waals surface area contributed by atoms with Crippen LogP contribution in [0.15, 0.2) is 94.4 Å². The van der Waals surface area contributed by atoms with Gasteiger partial charge in [0.25, 0.3) is 11.4 Å². The summed E-state index contributed by atoms with van der Waals surface area (Å²) in [6.07, 6.45) is 3.56. The van der Waals surface area contributed by atoms with Crippen molar-refractivity contribution in [1.82, 2.24) is 0 Å². The molecule has 152 valence electrons. The molecule has 6 heteroatoms. The van der Waals surface area contributed by atoms with E-state index in [0.29, 0.717) is 55.8 Å². The summed E-state index contributed by atoms with van der Waals surface area (Å²) in [5.41, 5.74) is 5.38. The van der Waals surface area contributed by atoms with Gasteiger partial charge in [0.05, 0.1) is 43.5 Å². The molecule has 2 aromatic carbocycles. The zero-order valence-electron chi connectivity index (χ0n) is 17.5. The summed E-state index contributed by atoms with van der Waals surface area (Å²) in [7, 11) is 0. The Morgan fingerprint density at radius 1 is 0.647 bits per heavy atom. The molecule has 4 rings (SSSR count). The van der Waals surface area contributed by atoms with Crippen LogP contribution in [0, 0.1) is 53.7 Å². The third-order valence-corrected chi connectivity index (χ3v) is 5.49. The molecule has 0 unspecified atom stereocenters. The Morgan fingerprint density at radius 2 is 1.09 bits per heavy atom. The molecule has 0 heterocycles. The standard InChI is InChI=1S/C28H10N6/c1-32-20-10-8-19(9-11-20)22-13-24-23(28(22)26(16-31)34-3)12-21(27(24)25(15-30)33-2)18-6-4-17(14-29)5-7-18/h4-13H/b27-25-,28-26+. The zero-order valence-corrected chi connectivity index (χ0v) is 17.5.